The quantitative estimate of drug-likeness (QED) is 0.820. The molecule has 1 fully saturated rings. The Bertz CT molecular complexity index is 670. The van der Waals surface area contributed by atoms with Crippen molar-refractivity contribution in [2.24, 2.45) is 0 Å². The number of nitrogens with zero attached hydrogens (tertiary/aromatic N) is 1. The molecule has 2 aliphatic rings. The molecule has 1 N–H and O–H groups in total. The summed E-state index contributed by atoms with van der Waals surface area (Å²) in [7, 11) is 0. The number of rotatable bonds is 2. The van der Waals surface area contributed by atoms with Crippen molar-refractivity contribution in [3.63, 3.8) is 0 Å². The van der Waals surface area contributed by atoms with Crippen molar-refractivity contribution in [1.82, 2.24) is 4.90 Å². The van der Waals surface area contributed by atoms with E-state index in [1.807, 2.05) is 6.08 Å². The van der Waals surface area contributed by atoms with Crippen LogP contribution in [-0.4, -0.2) is 40.8 Å². The van der Waals surface area contributed by atoms with Crippen LogP contribution in [0.4, 0.5) is 0 Å². The molecule has 0 spiro atoms. The molecule has 0 aromatic heterocycles. The maximum Gasteiger partial charge on any atom is 0.126 e. The molecule has 2 aliphatic heterocycles. The van der Waals surface area contributed by atoms with Crippen LogP contribution in [0.25, 0.3) is 0 Å². The summed E-state index contributed by atoms with van der Waals surface area (Å²) in [5.41, 5.74) is 2.51. The number of piperidine rings is 1. The minimum absolute atomic E-state index is 0.0855. The van der Waals surface area contributed by atoms with E-state index in [0.717, 1.165) is 38.1 Å². The molecule has 4 unspecified atom stereocenters. The van der Waals surface area contributed by atoms with Gasteiger partial charge in [0.25, 0.3) is 0 Å². The van der Waals surface area contributed by atoms with Gasteiger partial charge in [-0.15, -0.1) is 6.58 Å². The fourth-order valence-corrected chi connectivity index (χ4v) is 5.09. The Labute approximate surface area is 152 Å². The fraction of sp³-hybridized carbons (Fsp3) is 0.636. The first-order chi connectivity index (χ1) is 11.7. The highest BCUT2D eigenvalue weighted by Crippen LogP contribution is 2.53. The summed E-state index contributed by atoms with van der Waals surface area (Å²) in [4.78, 5) is 2.37. The molecule has 0 amide bonds. The van der Waals surface area contributed by atoms with E-state index in [2.05, 4.69) is 58.2 Å². The van der Waals surface area contributed by atoms with Gasteiger partial charge in [0.05, 0.1) is 11.7 Å². The molecule has 0 bridgehead atoms. The topological polar surface area (TPSA) is 32.7 Å². The molecule has 2 heterocycles. The number of aryl methyl sites for hydroxylation is 2. The van der Waals surface area contributed by atoms with Gasteiger partial charge in [-0.2, -0.15) is 0 Å². The first-order valence-electron chi connectivity index (χ1n) is 9.59. The third kappa shape index (κ3) is 2.72. The van der Waals surface area contributed by atoms with Gasteiger partial charge in [-0.1, -0.05) is 25.1 Å². The SMILES string of the molecule is C=CCN1CCC2(C)c3c(C)ccc(C)c3OC(C)CCC2(O)C1C. The van der Waals surface area contributed by atoms with Gasteiger partial charge in [0.1, 0.15) is 5.75 Å². The zero-order valence-electron chi connectivity index (χ0n) is 16.4. The lowest BCUT2D eigenvalue weighted by molar-refractivity contribution is -0.137. The van der Waals surface area contributed by atoms with Crippen LogP contribution >= 0.6 is 0 Å². The number of likely N-dealkylation sites (tertiary alicyclic amines) is 1. The number of hydrogen-bond donors (Lipinski definition) is 1. The van der Waals surface area contributed by atoms with Gasteiger partial charge in [-0.3, -0.25) is 4.90 Å². The average Bonchev–Trinajstić information content (AvgIpc) is 2.56. The van der Waals surface area contributed by atoms with Crippen molar-refractivity contribution in [3.05, 3.63) is 41.5 Å². The van der Waals surface area contributed by atoms with Crippen molar-refractivity contribution in [1.29, 1.82) is 0 Å². The minimum atomic E-state index is -0.778. The van der Waals surface area contributed by atoms with E-state index >= 15 is 0 Å². The van der Waals surface area contributed by atoms with Crippen LogP contribution in [0.5, 0.6) is 5.75 Å². The molecular formula is C22H33NO2. The molecule has 138 valence electrons. The summed E-state index contributed by atoms with van der Waals surface area (Å²) in [6, 6.07) is 4.40. The number of benzene rings is 1. The van der Waals surface area contributed by atoms with E-state index in [4.69, 9.17) is 4.74 Å². The Morgan fingerprint density at radius 2 is 1.96 bits per heavy atom. The molecular weight excluding hydrogens is 310 g/mol. The smallest absolute Gasteiger partial charge is 0.126 e. The summed E-state index contributed by atoms with van der Waals surface area (Å²) in [6.45, 7) is 16.5. The molecule has 0 aliphatic carbocycles. The van der Waals surface area contributed by atoms with E-state index in [1.54, 1.807) is 0 Å². The van der Waals surface area contributed by atoms with Gasteiger partial charge in [-0.05, 0) is 64.6 Å². The molecule has 3 heteroatoms. The number of fused-ring (bicyclic) bond motifs is 3. The second kappa shape index (κ2) is 6.44. The molecule has 4 atom stereocenters. The highest BCUT2D eigenvalue weighted by molar-refractivity contribution is 5.52. The molecule has 0 radical (unpaired) electrons. The molecule has 3 nitrogen and oxygen atoms in total. The lowest BCUT2D eigenvalue weighted by Crippen LogP contribution is -2.67. The van der Waals surface area contributed by atoms with E-state index in [0.29, 0.717) is 0 Å². The number of aliphatic hydroxyl groups is 1. The van der Waals surface area contributed by atoms with Crippen LogP contribution in [0.15, 0.2) is 24.8 Å². The average molecular weight is 344 g/mol. The maximum absolute atomic E-state index is 12.1. The molecule has 3 rings (SSSR count). The second-order valence-electron chi connectivity index (χ2n) is 8.34. The van der Waals surface area contributed by atoms with Gasteiger partial charge in [0, 0.05) is 23.6 Å². The van der Waals surface area contributed by atoms with E-state index in [1.165, 1.54) is 16.7 Å². The third-order valence-corrected chi connectivity index (χ3v) is 6.82. The maximum atomic E-state index is 12.1. The Morgan fingerprint density at radius 1 is 1.28 bits per heavy atom. The van der Waals surface area contributed by atoms with Gasteiger partial charge in [0.2, 0.25) is 0 Å². The summed E-state index contributed by atoms with van der Waals surface area (Å²) in [5.74, 6) is 0.998. The third-order valence-electron chi connectivity index (χ3n) is 6.82. The molecule has 1 saturated heterocycles. The minimum Gasteiger partial charge on any atom is -0.490 e. The van der Waals surface area contributed by atoms with Gasteiger partial charge in [-0.25, -0.2) is 0 Å². The first-order valence-corrected chi connectivity index (χ1v) is 9.59. The first kappa shape index (κ1) is 18.5. The van der Waals surface area contributed by atoms with E-state index in [-0.39, 0.29) is 17.6 Å². The van der Waals surface area contributed by atoms with Crippen LogP contribution in [0.1, 0.15) is 56.7 Å². The number of hydrogen-bond acceptors (Lipinski definition) is 3. The highest BCUT2D eigenvalue weighted by atomic mass is 16.5. The van der Waals surface area contributed by atoms with Crippen LogP contribution in [-0.2, 0) is 5.41 Å². The van der Waals surface area contributed by atoms with Crippen molar-refractivity contribution in [2.45, 2.75) is 77.0 Å². The zero-order valence-corrected chi connectivity index (χ0v) is 16.4. The monoisotopic (exact) mass is 343 g/mol. The summed E-state index contributed by atoms with van der Waals surface area (Å²) in [6.07, 6.45) is 4.60. The van der Waals surface area contributed by atoms with E-state index < -0.39 is 5.60 Å². The van der Waals surface area contributed by atoms with Gasteiger partial charge in [0.15, 0.2) is 0 Å². The van der Waals surface area contributed by atoms with Gasteiger partial charge < -0.3 is 9.84 Å². The molecule has 0 saturated carbocycles. The summed E-state index contributed by atoms with van der Waals surface area (Å²) >= 11 is 0. The van der Waals surface area contributed by atoms with Crippen molar-refractivity contribution >= 4 is 0 Å². The highest BCUT2D eigenvalue weighted by Gasteiger charge is 2.57. The van der Waals surface area contributed by atoms with Crippen LogP contribution in [0.2, 0.25) is 0 Å². The Kier molecular flexibility index (Phi) is 4.76. The normalized spacial score (nSPS) is 35.8. The lowest BCUT2D eigenvalue weighted by Gasteiger charge is -2.58. The number of ether oxygens (including phenoxy) is 1. The second-order valence-corrected chi connectivity index (χ2v) is 8.34. The predicted octanol–water partition coefficient (Wildman–Crippen LogP) is 4.13. The van der Waals surface area contributed by atoms with Crippen molar-refractivity contribution in [3.8, 4) is 5.75 Å². The van der Waals surface area contributed by atoms with Crippen molar-refractivity contribution in [2.75, 3.05) is 13.1 Å². The zero-order chi connectivity index (χ0) is 18.4. The van der Waals surface area contributed by atoms with E-state index in [9.17, 15) is 5.11 Å². The molecule has 25 heavy (non-hydrogen) atoms. The predicted molar refractivity (Wildman–Crippen MR) is 103 cm³/mol. The Hall–Kier alpha value is -1.32. The van der Waals surface area contributed by atoms with Crippen LogP contribution in [0.3, 0.4) is 0 Å². The fourth-order valence-electron chi connectivity index (χ4n) is 5.09. The summed E-state index contributed by atoms with van der Waals surface area (Å²) < 4.78 is 6.38. The largest absolute Gasteiger partial charge is 0.490 e. The standard InChI is InChI=1S/C22H33NO2/c1-7-13-23-14-12-21(6)19-15(2)8-9-16(3)20(19)25-17(4)10-11-22(21,24)18(23)5/h7-9,17-18,24H,1,10-14H2,2-6H3. The lowest BCUT2D eigenvalue weighted by atomic mass is 9.58. The van der Waals surface area contributed by atoms with Gasteiger partial charge >= 0.3 is 0 Å². The van der Waals surface area contributed by atoms with Crippen LogP contribution < -0.4 is 4.74 Å². The molecule has 1 aromatic carbocycles. The molecule has 1 aromatic rings. The summed E-state index contributed by atoms with van der Waals surface area (Å²) in [5, 5.41) is 12.1. The Balaban J connectivity index is 2.21. The van der Waals surface area contributed by atoms with Crippen LogP contribution in [0, 0.1) is 13.8 Å². The van der Waals surface area contributed by atoms with Crippen molar-refractivity contribution < 1.29 is 9.84 Å². The Morgan fingerprint density at radius 3 is 2.64 bits per heavy atom.